The van der Waals surface area contributed by atoms with E-state index in [1.165, 1.54) is 0 Å². The van der Waals surface area contributed by atoms with Gasteiger partial charge in [0.05, 0.1) is 13.7 Å². The molecule has 88 valence electrons. The normalized spacial score (nSPS) is 10.0. The predicted molar refractivity (Wildman–Crippen MR) is 64.9 cm³/mol. The van der Waals surface area contributed by atoms with Crippen molar-refractivity contribution >= 4 is 11.6 Å². The highest BCUT2D eigenvalue weighted by Gasteiger charge is 2.11. The maximum atomic E-state index is 10.9. The van der Waals surface area contributed by atoms with E-state index in [9.17, 15) is 4.79 Å². The molecule has 0 unspecified atom stereocenters. The van der Waals surface area contributed by atoms with Crippen LogP contribution in [0.25, 0.3) is 0 Å². The Bertz CT molecular complexity index is 402. The molecule has 1 aromatic carbocycles. The number of rotatable bonds is 4. The predicted octanol–water partition coefficient (Wildman–Crippen LogP) is 1.23. The molecule has 0 heterocycles. The van der Waals surface area contributed by atoms with E-state index < -0.39 is 0 Å². The van der Waals surface area contributed by atoms with Crippen molar-refractivity contribution in [2.45, 2.75) is 13.8 Å². The van der Waals surface area contributed by atoms with Crippen LogP contribution in [0.1, 0.15) is 11.1 Å². The van der Waals surface area contributed by atoms with Crippen molar-refractivity contribution in [2.75, 3.05) is 25.6 Å². The molecule has 0 aliphatic heterocycles. The van der Waals surface area contributed by atoms with Gasteiger partial charge in [-0.2, -0.15) is 0 Å². The Labute approximate surface area is 96.0 Å². The van der Waals surface area contributed by atoms with Crippen LogP contribution in [0.4, 0.5) is 5.69 Å². The van der Waals surface area contributed by atoms with Gasteiger partial charge in [-0.25, -0.2) is 0 Å². The summed E-state index contributed by atoms with van der Waals surface area (Å²) < 4.78 is 5.23. The number of carbonyl (C=O) groups excluding carboxylic acids is 1. The molecule has 0 spiro atoms. The van der Waals surface area contributed by atoms with Crippen LogP contribution in [0.2, 0.25) is 0 Å². The molecular formula is C12H18N2O2. The second-order valence-corrected chi connectivity index (χ2v) is 3.86. The molecule has 0 bridgehead atoms. The minimum atomic E-state index is -0.338. The number of carbonyl (C=O) groups is 1. The van der Waals surface area contributed by atoms with Crippen LogP contribution < -0.4 is 15.4 Å². The summed E-state index contributed by atoms with van der Waals surface area (Å²) in [6, 6.07) is 3.83. The standard InChI is InChI=1S/C12H18N2O2/c1-8-9(2)11(16-4)6-5-10(8)14(3)7-12(13)15/h5-6H,7H2,1-4H3,(H2,13,15). The highest BCUT2D eigenvalue weighted by atomic mass is 16.5. The van der Waals surface area contributed by atoms with E-state index in [2.05, 4.69) is 0 Å². The third kappa shape index (κ3) is 2.45. The molecule has 0 aliphatic rings. The average Bonchev–Trinajstić information content (AvgIpc) is 2.20. The number of anilines is 1. The van der Waals surface area contributed by atoms with E-state index in [1.54, 1.807) is 7.11 Å². The molecule has 1 aromatic rings. The molecular weight excluding hydrogens is 204 g/mol. The Balaban J connectivity index is 3.06. The Morgan fingerprint density at radius 1 is 1.38 bits per heavy atom. The first-order valence-corrected chi connectivity index (χ1v) is 5.11. The topological polar surface area (TPSA) is 55.6 Å². The highest BCUT2D eigenvalue weighted by Crippen LogP contribution is 2.28. The molecule has 0 aromatic heterocycles. The van der Waals surface area contributed by atoms with Crippen LogP contribution >= 0.6 is 0 Å². The number of primary amides is 1. The quantitative estimate of drug-likeness (QED) is 0.833. The molecule has 2 N–H and O–H groups in total. The van der Waals surface area contributed by atoms with Crippen molar-refractivity contribution in [1.82, 2.24) is 0 Å². The first-order valence-electron chi connectivity index (χ1n) is 5.11. The van der Waals surface area contributed by atoms with Gasteiger partial charge < -0.3 is 15.4 Å². The van der Waals surface area contributed by atoms with Gasteiger partial charge in [-0.05, 0) is 37.1 Å². The zero-order valence-corrected chi connectivity index (χ0v) is 10.2. The van der Waals surface area contributed by atoms with Crippen LogP contribution in [0.5, 0.6) is 5.75 Å². The monoisotopic (exact) mass is 222 g/mol. The average molecular weight is 222 g/mol. The van der Waals surface area contributed by atoms with Crippen LogP contribution in [-0.4, -0.2) is 26.6 Å². The molecule has 0 saturated heterocycles. The first-order chi connectivity index (χ1) is 7.47. The second-order valence-electron chi connectivity index (χ2n) is 3.86. The summed E-state index contributed by atoms with van der Waals surface area (Å²) in [7, 11) is 3.49. The maximum absolute atomic E-state index is 10.9. The van der Waals surface area contributed by atoms with Gasteiger partial charge >= 0.3 is 0 Å². The van der Waals surface area contributed by atoms with Gasteiger partial charge in [0, 0.05) is 12.7 Å². The lowest BCUT2D eigenvalue weighted by atomic mass is 10.1. The van der Waals surface area contributed by atoms with Crippen molar-refractivity contribution in [3.8, 4) is 5.75 Å². The van der Waals surface area contributed by atoms with Gasteiger partial charge in [0.15, 0.2) is 0 Å². The number of amides is 1. The number of hydrogen-bond donors (Lipinski definition) is 1. The lowest BCUT2D eigenvalue weighted by Gasteiger charge is -2.21. The largest absolute Gasteiger partial charge is 0.496 e. The van der Waals surface area contributed by atoms with Gasteiger partial charge in [-0.15, -0.1) is 0 Å². The molecule has 0 saturated carbocycles. The minimum absolute atomic E-state index is 0.215. The summed E-state index contributed by atoms with van der Waals surface area (Å²) in [5.74, 6) is 0.518. The summed E-state index contributed by atoms with van der Waals surface area (Å²) in [5, 5.41) is 0. The molecule has 0 atom stereocenters. The smallest absolute Gasteiger partial charge is 0.236 e. The summed E-state index contributed by atoms with van der Waals surface area (Å²) in [6.07, 6.45) is 0. The van der Waals surface area contributed by atoms with E-state index >= 15 is 0 Å². The van der Waals surface area contributed by atoms with Gasteiger partial charge in [-0.3, -0.25) is 4.79 Å². The van der Waals surface area contributed by atoms with Crippen molar-refractivity contribution in [2.24, 2.45) is 5.73 Å². The molecule has 4 heteroatoms. The molecule has 0 aliphatic carbocycles. The van der Waals surface area contributed by atoms with E-state index in [-0.39, 0.29) is 12.5 Å². The van der Waals surface area contributed by atoms with E-state index in [4.69, 9.17) is 10.5 Å². The van der Waals surface area contributed by atoms with Crippen molar-refractivity contribution < 1.29 is 9.53 Å². The number of methoxy groups -OCH3 is 1. The molecule has 1 amide bonds. The van der Waals surface area contributed by atoms with Gasteiger partial charge in [0.2, 0.25) is 5.91 Å². The number of nitrogens with two attached hydrogens (primary N) is 1. The zero-order chi connectivity index (χ0) is 12.3. The number of benzene rings is 1. The third-order valence-electron chi connectivity index (χ3n) is 2.73. The Hall–Kier alpha value is -1.71. The van der Waals surface area contributed by atoms with Crippen molar-refractivity contribution in [3.63, 3.8) is 0 Å². The third-order valence-corrected chi connectivity index (χ3v) is 2.73. The molecule has 0 fully saturated rings. The summed E-state index contributed by atoms with van der Waals surface area (Å²) in [4.78, 5) is 12.7. The van der Waals surface area contributed by atoms with Crippen LogP contribution in [0, 0.1) is 13.8 Å². The lowest BCUT2D eigenvalue weighted by molar-refractivity contribution is -0.116. The van der Waals surface area contributed by atoms with Crippen LogP contribution in [-0.2, 0) is 4.79 Å². The van der Waals surface area contributed by atoms with Gasteiger partial charge in [0.1, 0.15) is 5.75 Å². The van der Waals surface area contributed by atoms with E-state index in [0.29, 0.717) is 0 Å². The second kappa shape index (κ2) is 4.88. The van der Waals surface area contributed by atoms with Crippen molar-refractivity contribution in [1.29, 1.82) is 0 Å². The summed E-state index contributed by atoms with van der Waals surface area (Å²) >= 11 is 0. The van der Waals surface area contributed by atoms with Crippen molar-refractivity contribution in [3.05, 3.63) is 23.3 Å². The molecule has 16 heavy (non-hydrogen) atoms. The number of hydrogen-bond acceptors (Lipinski definition) is 3. The number of ether oxygens (including phenoxy) is 1. The maximum Gasteiger partial charge on any atom is 0.236 e. The SMILES string of the molecule is COc1ccc(N(C)CC(N)=O)c(C)c1C. The minimum Gasteiger partial charge on any atom is -0.496 e. The Morgan fingerprint density at radius 2 is 2.00 bits per heavy atom. The van der Waals surface area contributed by atoms with Crippen LogP contribution in [0.3, 0.4) is 0 Å². The van der Waals surface area contributed by atoms with E-state index in [1.807, 2.05) is 37.9 Å². The van der Waals surface area contributed by atoms with Gasteiger partial charge in [0.25, 0.3) is 0 Å². The number of nitrogens with zero attached hydrogens (tertiary/aromatic N) is 1. The van der Waals surface area contributed by atoms with E-state index in [0.717, 1.165) is 22.6 Å². The Morgan fingerprint density at radius 3 is 2.50 bits per heavy atom. The molecule has 1 rings (SSSR count). The highest BCUT2D eigenvalue weighted by molar-refractivity contribution is 5.80. The molecule has 0 radical (unpaired) electrons. The molecule has 4 nitrogen and oxygen atoms in total. The van der Waals surface area contributed by atoms with Gasteiger partial charge in [-0.1, -0.05) is 0 Å². The lowest BCUT2D eigenvalue weighted by Crippen LogP contribution is -2.31. The summed E-state index contributed by atoms with van der Waals surface area (Å²) in [5.41, 5.74) is 8.35. The fourth-order valence-corrected chi connectivity index (χ4v) is 1.74. The fourth-order valence-electron chi connectivity index (χ4n) is 1.74. The van der Waals surface area contributed by atoms with Crippen LogP contribution in [0.15, 0.2) is 12.1 Å². The fraction of sp³-hybridized carbons (Fsp3) is 0.417. The first kappa shape index (κ1) is 12.4. The number of likely N-dealkylation sites (N-methyl/N-ethyl adjacent to an activating group) is 1. The summed E-state index contributed by atoms with van der Waals surface area (Å²) in [6.45, 7) is 4.22. The Kier molecular flexibility index (Phi) is 3.77. The zero-order valence-electron chi connectivity index (χ0n) is 10.2.